The third kappa shape index (κ3) is 2.24. The minimum Gasteiger partial charge on any atom is -0.374 e. The van der Waals surface area contributed by atoms with E-state index in [1.807, 2.05) is 60.7 Å². The fourth-order valence-electron chi connectivity index (χ4n) is 2.33. The molecule has 0 bridgehead atoms. The summed E-state index contributed by atoms with van der Waals surface area (Å²) in [5, 5.41) is 9.95. The molecule has 100 valence electrons. The number of imidazole rings is 1. The highest BCUT2D eigenvalue weighted by Crippen LogP contribution is 2.32. The number of hydrogen-bond acceptors (Lipinski definition) is 2. The van der Waals surface area contributed by atoms with E-state index in [4.69, 9.17) is 0 Å². The Hall–Kier alpha value is -2.39. The highest BCUT2D eigenvalue weighted by molar-refractivity contribution is 5.78. The molecule has 0 fully saturated rings. The number of benzene rings is 2. The fraction of sp³-hybridized carbons (Fsp3) is 0.118. The predicted molar refractivity (Wildman–Crippen MR) is 80.0 cm³/mol. The molecule has 0 radical (unpaired) electrons. The van der Waals surface area contributed by atoms with Gasteiger partial charge in [0.25, 0.3) is 0 Å². The third-order valence-corrected chi connectivity index (χ3v) is 3.29. The van der Waals surface area contributed by atoms with Crippen LogP contribution in [0.25, 0.3) is 22.5 Å². The van der Waals surface area contributed by atoms with Gasteiger partial charge in [-0.15, -0.1) is 0 Å². The van der Waals surface area contributed by atoms with E-state index in [0.29, 0.717) is 0 Å². The summed E-state index contributed by atoms with van der Waals surface area (Å²) in [6.45, 7) is 1.74. The Morgan fingerprint density at radius 3 is 2.00 bits per heavy atom. The van der Waals surface area contributed by atoms with Crippen molar-refractivity contribution >= 4 is 0 Å². The van der Waals surface area contributed by atoms with Crippen molar-refractivity contribution in [1.82, 2.24) is 9.55 Å². The number of nitrogens with zero attached hydrogens (tertiary/aromatic N) is 2. The Morgan fingerprint density at radius 2 is 1.45 bits per heavy atom. The first kappa shape index (κ1) is 12.6. The van der Waals surface area contributed by atoms with E-state index >= 15 is 0 Å². The van der Waals surface area contributed by atoms with Crippen molar-refractivity contribution in [1.29, 1.82) is 0 Å². The first-order valence-corrected chi connectivity index (χ1v) is 6.63. The Morgan fingerprint density at radius 1 is 0.900 bits per heavy atom. The average Bonchev–Trinajstić information content (AvgIpc) is 2.94. The summed E-state index contributed by atoms with van der Waals surface area (Å²) in [6.07, 6.45) is 1.07. The maximum atomic E-state index is 9.95. The highest BCUT2D eigenvalue weighted by atomic mass is 16.3. The molecule has 1 atom stereocenters. The molecule has 0 aliphatic rings. The van der Waals surface area contributed by atoms with Gasteiger partial charge in [-0.05, 0) is 6.92 Å². The van der Waals surface area contributed by atoms with Gasteiger partial charge in [0, 0.05) is 11.1 Å². The number of rotatable bonds is 3. The minimum absolute atomic E-state index is 0.616. The Balaban J connectivity index is 2.22. The normalized spacial score (nSPS) is 12.3. The molecule has 3 nitrogen and oxygen atoms in total. The van der Waals surface area contributed by atoms with Gasteiger partial charge in [0.1, 0.15) is 6.23 Å². The van der Waals surface area contributed by atoms with Gasteiger partial charge >= 0.3 is 0 Å². The zero-order chi connectivity index (χ0) is 13.9. The second kappa shape index (κ2) is 5.31. The molecule has 3 aromatic rings. The second-order valence-electron chi connectivity index (χ2n) is 4.71. The third-order valence-electron chi connectivity index (χ3n) is 3.29. The molecule has 0 spiro atoms. The molecular weight excluding hydrogens is 248 g/mol. The Kier molecular flexibility index (Phi) is 3.35. The molecule has 2 aromatic carbocycles. The highest BCUT2D eigenvalue weighted by Gasteiger charge is 2.16. The van der Waals surface area contributed by atoms with E-state index in [0.717, 1.165) is 22.5 Å². The zero-order valence-electron chi connectivity index (χ0n) is 11.3. The second-order valence-corrected chi connectivity index (χ2v) is 4.71. The molecule has 3 rings (SSSR count). The van der Waals surface area contributed by atoms with Crippen LogP contribution in [0.5, 0.6) is 0 Å². The first-order chi connectivity index (χ1) is 9.77. The lowest BCUT2D eigenvalue weighted by molar-refractivity contribution is 0.126. The lowest BCUT2D eigenvalue weighted by atomic mass is 10.0. The van der Waals surface area contributed by atoms with Gasteiger partial charge in [0.2, 0.25) is 0 Å². The monoisotopic (exact) mass is 264 g/mol. The van der Waals surface area contributed by atoms with Crippen LogP contribution in [-0.2, 0) is 0 Å². The molecule has 1 aromatic heterocycles. The van der Waals surface area contributed by atoms with E-state index in [-0.39, 0.29) is 0 Å². The Bertz CT molecular complexity index is 688. The molecular formula is C17H16N2O. The van der Waals surface area contributed by atoms with Crippen LogP contribution < -0.4 is 0 Å². The average molecular weight is 264 g/mol. The van der Waals surface area contributed by atoms with Crippen molar-refractivity contribution in [2.75, 3.05) is 0 Å². The largest absolute Gasteiger partial charge is 0.374 e. The van der Waals surface area contributed by atoms with E-state index in [1.165, 1.54) is 0 Å². The van der Waals surface area contributed by atoms with Crippen LogP contribution in [0.3, 0.4) is 0 Å². The van der Waals surface area contributed by atoms with Gasteiger partial charge in [0.05, 0.1) is 17.7 Å². The van der Waals surface area contributed by atoms with Crippen molar-refractivity contribution in [3.8, 4) is 22.5 Å². The standard InChI is InChI=1S/C17H16N2O/c1-13(20)19-12-18-16(14-8-4-2-5-9-14)17(19)15-10-6-3-7-11-15/h2-13,20H,1H3. The van der Waals surface area contributed by atoms with E-state index in [1.54, 1.807) is 17.8 Å². The summed E-state index contributed by atoms with van der Waals surface area (Å²) >= 11 is 0. The molecule has 0 aliphatic carbocycles. The van der Waals surface area contributed by atoms with Crippen LogP contribution in [0.2, 0.25) is 0 Å². The summed E-state index contributed by atoms with van der Waals surface area (Å²) in [5.41, 5.74) is 3.92. The van der Waals surface area contributed by atoms with E-state index in [9.17, 15) is 5.11 Å². The van der Waals surface area contributed by atoms with Gasteiger partial charge in [-0.2, -0.15) is 0 Å². The van der Waals surface area contributed by atoms with Crippen LogP contribution >= 0.6 is 0 Å². The summed E-state index contributed by atoms with van der Waals surface area (Å²) in [7, 11) is 0. The molecule has 1 unspecified atom stereocenters. The van der Waals surface area contributed by atoms with E-state index < -0.39 is 6.23 Å². The summed E-state index contributed by atoms with van der Waals surface area (Å²) in [6, 6.07) is 20.0. The number of aromatic nitrogens is 2. The number of aliphatic hydroxyl groups is 1. The molecule has 0 amide bonds. The Labute approximate surface area is 118 Å². The van der Waals surface area contributed by atoms with Gasteiger partial charge in [-0.25, -0.2) is 4.98 Å². The van der Waals surface area contributed by atoms with Crippen LogP contribution in [0, 0.1) is 0 Å². The van der Waals surface area contributed by atoms with E-state index in [2.05, 4.69) is 4.98 Å². The van der Waals surface area contributed by atoms with Crippen LogP contribution in [0.15, 0.2) is 67.0 Å². The molecule has 1 heterocycles. The molecule has 0 aliphatic heterocycles. The van der Waals surface area contributed by atoms with Gasteiger partial charge in [-0.1, -0.05) is 60.7 Å². The minimum atomic E-state index is -0.616. The summed E-state index contributed by atoms with van der Waals surface area (Å²) < 4.78 is 1.79. The quantitative estimate of drug-likeness (QED) is 0.782. The molecule has 20 heavy (non-hydrogen) atoms. The molecule has 3 heteroatoms. The van der Waals surface area contributed by atoms with Crippen LogP contribution in [0.4, 0.5) is 0 Å². The summed E-state index contributed by atoms with van der Waals surface area (Å²) in [4.78, 5) is 4.49. The SMILES string of the molecule is CC(O)n1cnc(-c2ccccc2)c1-c1ccccc1. The van der Waals surface area contributed by atoms with Crippen molar-refractivity contribution in [3.63, 3.8) is 0 Å². The van der Waals surface area contributed by atoms with Crippen molar-refractivity contribution < 1.29 is 5.11 Å². The van der Waals surface area contributed by atoms with Crippen molar-refractivity contribution in [2.45, 2.75) is 13.2 Å². The lowest BCUT2D eigenvalue weighted by Gasteiger charge is -2.12. The topological polar surface area (TPSA) is 38.0 Å². The first-order valence-electron chi connectivity index (χ1n) is 6.63. The van der Waals surface area contributed by atoms with Crippen molar-refractivity contribution in [2.24, 2.45) is 0 Å². The fourth-order valence-corrected chi connectivity index (χ4v) is 2.33. The predicted octanol–water partition coefficient (Wildman–Crippen LogP) is 3.73. The van der Waals surface area contributed by atoms with Gasteiger partial charge in [-0.3, -0.25) is 0 Å². The van der Waals surface area contributed by atoms with Crippen LogP contribution in [-0.4, -0.2) is 14.7 Å². The zero-order valence-corrected chi connectivity index (χ0v) is 11.3. The number of hydrogen-bond donors (Lipinski definition) is 1. The summed E-state index contributed by atoms with van der Waals surface area (Å²) in [5.74, 6) is 0. The molecule has 0 saturated carbocycles. The maximum absolute atomic E-state index is 9.95. The maximum Gasteiger partial charge on any atom is 0.129 e. The van der Waals surface area contributed by atoms with Gasteiger partial charge < -0.3 is 9.67 Å². The number of aliphatic hydroxyl groups excluding tert-OH is 1. The smallest absolute Gasteiger partial charge is 0.129 e. The van der Waals surface area contributed by atoms with Gasteiger partial charge in [0.15, 0.2) is 0 Å². The van der Waals surface area contributed by atoms with Crippen LogP contribution in [0.1, 0.15) is 13.2 Å². The lowest BCUT2D eigenvalue weighted by Crippen LogP contribution is -2.04. The molecule has 1 N–H and O–H groups in total. The molecule has 0 saturated heterocycles. The van der Waals surface area contributed by atoms with Crippen molar-refractivity contribution in [3.05, 3.63) is 67.0 Å².